The first-order valence-electron chi connectivity index (χ1n) is 9.59. The van der Waals surface area contributed by atoms with Crippen LogP contribution in [0, 0.1) is 0 Å². The highest BCUT2D eigenvalue weighted by atomic mass is 16.7. The smallest absolute Gasteiger partial charge is 0.457 e. The number of carbonyl (C=O) groups is 1. The molecule has 28 heavy (non-hydrogen) atoms. The van der Waals surface area contributed by atoms with Crippen molar-refractivity contribution in [3.63, 3.8) is 0 Å². The summed E-state index contributed by atoms with van der Waals surface area (Å²) in [4.78, 5) is 12.8. The Morgan fingerprint density at radius 1 is 0.929 bits per heavy atom. The maximum atomic E-state index is 12.8. The molecule has 0 bridgehead atoms. The minimum Gasteiger partial charge on any atom is -0.457 e. The minimum atomic E-state index is -0.496. The molecule has 2 aromatic rings. The van der Waals surface area contributed by atoms with E-state index >= 15 is 0 Å². The molecule has 1 fully saturated rings. The average Bonchev–Trinajstić information content (AvgIpc) is 2.87. The van der Waals surface area contributed by atoms with Crippen molar-refractivity contribution < 1.29 is 18.8 Å². The molecule has 0 N–H and O–H groups in total. The Kier molecular flexibility index (Phi) is 6.06. The first-order chi connectivity index (χ1) is 13.3. The van der Waals surface area contributed by atoms with Gasteiger partial charge in [-0.25, -0.2) is 4.79 Å². The highest BCUT2D eigenvalue weighted by molar-refractivity contribution is 6.47. The molecule has 1 aliphatic heterocycles. The van der Waals surface area contributed by atoms with Crippen LogP contribution in [0.15, 0.2) is 66.2 Å². The third-order valence-corrected chi connectivity index (χ3v) is 5.30. The van der Waals surface area contributed by atoms with Gasteiger partial charge in [0, 0.05) is 11.9 Å². The van der Waals surface area contributed by atoms with Crippen molar-refractivity contribution in [2.24, 2.45) is 0 Å². The maximum absolute atomic E-state index is 12.8. The predicted octanol–water partition coefficient (Wildman–Crippen LogP) is 4.91. The van der Waals surface area contributed by atoms with Crippen LogP contribution in [-0.4, -0.2) is 24.3 Å². The van der Waals surface area contributed by atoms with Gasteiger partial charge >= 0.3 is 13.1 Å². The number of hydrogen-bond donors (Lipinski definition) is 0. The molecule has 4 nitrogen and oxygen atoms in total. The number of rotatable bonds is 6. The van der Waals surface area contributed by atoms with Gasteiger partial charge in [-0.3, -0.25) is 0 Å². The Labute approximate surface area is 167 Å². The van der Waals surface area contributed by atoms with Crippen molar-refractivity contribution in [3.05, 3.63) is 77.4 Å². The van der Waals surface area contributed by atoms with E-state index in [9.17, 15) is 4.79 Å². The molecule has 2 aromatic carbocycles. The molecule has 0 spiro atoms. The predicted molar refractivity (Wildman–Crippen MR) is 112 cm³/mol. The lowest BCUT2D eigenvalue weighted by atomic mass is 9.80. The first-order valence-corrected chi connectivity index (χ1v) is 9.59. The van der Waals surface area contributed by atoms with Crippen molar-refractivity contribution in [2.45, 2.75) is 51.8 Å². The third-order valence-electron chi connectivity index (χ3n) is 5.30. The Bertz CT molecular complexity index is 812. The number of carbonyl (C=O) groups excluding carboxylic acids is 1. The highest BCUT2D eigenvalue weighted by Crippen LogP contribution is 2.38. The van der Waals surface area contributed by atoms with E-state index in [0.717, 1.165) is 11.1 Å². The van der Waals surface area contributed by atoms with Crippen LogP contribution in [0.4, 0.5) is 0 Å². The van der Waals surface area contributed by atoms with Crippen molar-refractivity contribution in [2.75, 3.05) is 0 Å². The van der Waals surface area contributed by atoms with E-state index in [1.165, 1.54) is 0 Å². The zero-order chi connectivity index (χ0) is 20.2. The van der Waals surface area contributed by atoms with E-state index in [0.29, 0.717) is 11.9 Å². The molecule has 5 heteroatoms. The second-order valence-electron chi connectivity index (χ2n) is 8.03. The number of hydrogen-bond acceptors (Lipinski definition) is 4. The highest BCUT2D eigenvalue weighted by Gasteiger charge is 2.51. The molecule has 1 aliphatic rings. The maximum Gasteiger partial charge on any atom is 0.462 e. The van der Waals surface area contributed by atoms with Gasteiger partial charge in [-0.2, -0.15) is 0 Å². The number of esters is 1. The lowest BCUT2D eigenvalue weighted by Crippen LogP contribution is -2.41. The zero-order valence-corrected chi connectivity index (χ0v) is 17.0. The van der Waals surface area contributed by atoms with Crippen LogP contribution >= 0.6 is 0 Å². The van der Waals surface area contributed by atoms with Gasteiger partial charge in [-0.15, -0.1) is 0 Å². The summed E-state index contributed by atoms with van der Waals surface area (Å²) < 4.78 is 17.7. The molecule has 146 valence electrons. The van der Waals surface area contributed by atoms with Crippen LogP contribution in [0.3, 0.4) is 0 Å². The lowest BCUT2D eigenvalue weighted by Gasteiger charge is -2.32. The van der Waals surface area contributed by atoms with Gasteiger partial charge < -0.3 is 14.0 Å². The Morgan fingerprint density at radius 2 is 1.46 bits per heavy atom. The molecule has 1 saturated heterocycles. The van der Waals surface area contributed by atoms with Crippen LogP contribution in [-0.2, 0) is 25.4 Å². The van der Waals surface area contributed by atoms with Gasteiger partial charge in [0.25, 0.3) is 0 Å². The summed E-state index contributed by atoms with van der Waals surface area (Å²) in [5, 5.41) is 0. The Balaban J connectivity index is 1.76. The van der Waals surface area contributed by atoms with Gasteiger partial charge in [-0.05, 0) is 44.9 Å². The normalized spacial score (nSPS) is 18.1. The number of ether oxygens (including phenoxy) is 1. The first kappa shape index (κ1) is 20.4. The molecular formula is C23H27BO4. The van der Waals surface area contributed by atoms with Crippen molar-refractivity contribution in [3.8, 4) is 0 Å². The minimum absolute atomic E-state index is 0.231. The molecule has 0 atom stereocenters. The summed E-state index contributed by atoms with van der Waals surface area (Å²) in [5.74, 6) is -0.359. The lowest BCUT2D eigenvalue weighted by molar-refractivity contribution is -0.140. The molecule has 0 amide bonds. The fourth-order valence-corrected chi connectivity index (χ4v) is 3.00. The van der Waals surface area contributed by atoms with Crippen LogP contribution in [0.5, 0.6) is 0 Å². The van der Waals surface area contributed by atoms with E-state index in [-0.39, 0.29) is 12.6 Å². The zero-order valence-electron chi connectivity index (χ0n) is 17.0. The molecule has 0 unspecified atom stereocenters. The summed E-state index contributed by atoms with van der Waals surface area (Å²) in [6.45, 7) is 8.24. The summed E-state index contributed by atoms with van der Waals surface area (Å²) >= 11 is 0. The van der Waals surface area contributed by atoms with Gasteiger partial charge in [0.2, 0.25) is 0 Å². The SMILES string of the molecule is CC1(C)OB(C/C(=C\c2ccccc2)C(=O)OCc2ccccc2)OC1(C)C. The van der Waals surface area contributed by atoms with Gasteiger partial charge in [0.1, 0.15) is 6.61 Å². The second-order valence-corrected chi connectivity index (χ2v) is 8.03. The van der Waals surface area contributed by atoms with Gasteiger partial charge in [0.05, 0.1) is 11.2 Å². The van der Waals surface area contributed by atoms with E-state index in [2.05, 4.69) is 0 Å². The topological polar surface area (TPSA) is 44.8 Å². The van der Waals surface area contributed by atoms with Crippen LogP contribution in [0.2, 0.25) is 6.32 Å². The van der Waals surface area contributed by atoms with Crippen LogP contribution in [0.1, 0.15) is 38.8 Å². The van der Waals surface area contributed by atoms with E-state index < -0.39 is 18.3 Å². The molecule has 0 radical (unpaired) electrons. The molecule has 0 saturated carbocycles. The van der Waals surface area contributed by atoms with Gasteiger partial charge in [0.15, 0.2) is 0 Å². The molecular weight excluding hydrogens is 351 g/mol. The molecule has 3 rings (SSSR count). The largest absolute Gasteiger partial charge is 0.462 e. The Morgan fingerprint density at radius 3 is 2.04 bits per heavy atom. The standard InChI is InChI=1S/C23H27BO4/c1-22(2)23(3,4)28-24(27-22)16-20(15-18-11-7-5-8-12-18)21(25)26-17-19-13-9-6-10-14-19/h5-15H,16-17H2,1-4H3/b20-15+. The Hall–Kier alpha value is -2.37. The van der Waals surface area contributed by atoms with Crippen LogP contribution in [0.25, 0.3) is 6.08 Å². The average molecular weight is 378 g/mol. The van der Waals surface area contributed by atoms with E-state index in [4.69, 9.17) is 14.0 Å². The van der Waals surface area contributed by atoms with E-state index in [1.807, 2.05) is 94.4 Å². The fourth-order valence-electron chi connectivity index (χ4n) is 3.00. The molecule has 0 aliphatic carbocycles. The summed E-state index contributed by atoms with van der Waals surface area (Å²) in [5.41, 5.74) is 1.53. The van der Waals surface area contributed by atoms with E-state index in [1.54, 1.807) is 0 Å². The fraction of sp³-hybridized carbons (Fsp3) is 0.348. The van der Waals surface area contributed by atoms with Crippen LogP contribution < -0.4 is 0 Å². The second kappa shape index (κ2) is 8.33. The van der Waals surface area contributed by atoms with Crippen molar-refractivity contribution in [1.29, 1.82) is 0 Å². The number of benzene rings is 2. The summed E-state index contributed by atoms with van der Waals surface area (Å²) in [6.07, 6.45) is 2.17. The van der Waals surface area contributed by atoms with Crippen molar-refractivity contribution in [1.82, 2.24) is 0 Å². The quantitative estimate of drug-likeness (QED) is 0.407. The van der Waals surface area contributed by atoms with Crippen molar-refractivity contribution >= 4 is 19.2 Å². The molecule has 0 aromatic heterocycles. The monoisotopic (exact) mass is 378 g/mol. The summed E-state index contributed by atoms with van der Waals surface area (Å²) in [7, 11) is -0.496. The third kappa shape index (κ3) is 4.92. The molecule has 1 heterocycles. The van der Waals surface area contributed by atoms with Gasteiger partial charge in [-0.1, -0.05) is 60.7 Å². The summed E-state index contributed by atoms with van der Waals surface area (Å²) in [6, 6.07) is 19.4.